The first-order chi connectivity index (χ1) is 11.6. The van der Waals surface area contributed by atoms with Crippen LogP contribution in [-0.2, 0) is 16.1 Å². The number of thiophene rings is 1. The van der Waals surface area contributed by atoms with Crippen molar-refractivity contribution in [3.8, 4) is 5.75 Å². The van der Waals surface area contributed by atoms with Crippen molar-refractivity contribution < 1.29 is 19.4 Å². The van der Waals surface area contributed by atoms with Crippen LogP contribution in [0.3, 0.4) is 0 Å². The van der Waals surface area contributed by atoms with E-state index in [0.717, 1.165) is 10.4 Å². The van der Waals surface area contributed by atoms with Gasteiger partial charge in [0.05, 0.1) is 25.6 Å². The van der Waals surface area contributed by atoms with Crippen LogP contribution in [0.1, 0.15) is 29.3 Å². The molecule has 0 saturated carbocycles. The van der Waals surface area contributed by atoms with Crippen LogP contribution in [0.5, 0.6) is 5.75 Å². The number of carbonyl (C=O) groups excluding carboxylic acids is 1. The number of hydrogen-bond acceptors (Lipinski definition) is 4. The van der Waals surface area contributed by atoms with E-state index in [0.29, 0.717) is 18.7 Å². The van der Waals surface area contributed by atoms with E-state index in [-0.39, 0.29) is 12.3 Å². The number of carboxylic acid groups (broad SMARTS) is 1. The van der Waals surface area contributed by atoms with Gasteiger partial charge in [0.25, 0.3) is 0 Å². The van der Waals surface area contributed by atoms with Gasteiger partial charge in [-0.2, -0.15) is 0 Å². The van der Waals surface area contributed by atoms with Crippen molar-refractivity contribution in [3.63, 3.8) is 0 Å². The van der Waals surface area contributed by atoms with Crippen LogP contribution in [0.15, 0.2) is 41.8 Å². The normalized spacial score (nSPS) is 20.9. The molecule has 2 heterocycles. The lowest BCUT2D eigenvalue weighted by Gasteiger charge is -2.39. The molecule has 0 unspecified atom stereocenters. The molecular formula is C18H19NO4S. The standard InChI is InChI=1S/C18H19NO4S/c1-23-13-6-4-12(5-7-13)17-15(18(21)22)8-9-16(20)19(17)11-14-3-2-10-24-14/h2-7,10,15,17H,8-9,11H2,1H3,(H,21,22)/t15-,17-/m1/s1. The quantitative estimate of drug-likeness (QED) is 0.903. The number of ether oxygens (including phenoxy) is 1. The number of carbonyl (C=O) groups is 2. The second-order valence-electron chi connectivity index (χ2n) is 5.80. The molecule has 1 fully saturated rings. The van der Waals surface area contributed by atoms with Crippen molar-refractivity contribution in [3.05, 3.63) is 52.2 Å². The van der Waals surface area contributed by atoms with E-state index in [4.69, 9.17) is 4.74 Å². The van der Waals surface area contributed by atoms with Crippen LogP contribution < -0.4 is 4.74 Å². The Morgan fingerprint density at radius 3 is 2.67 bits per heavy atom. The molecule has 3 rings (SSSR count). The summed E-state index contributed by atoms with van der Waals surface area (Å²) in [7, 11) is 1.59. The summed E-state index contributed by atoms with van der Waals surface area (Å²) in [5.74, 6) is -0.755. The number of nitrogens with zero attached hydrogens (tertiary/aromatic N) is 1. The van der Waals surface area contributed by atoms with Gasteiger partial charge >= 0.3 is 5.97 Å². The van der Waals surface area contributed by atoms with Gasteiger partial charge in [0.15, 0.2) is 0 Å². The lowest BCUT2D eigenvalue weighted by atomic mass is 9.84. The highest BCUT2D eigenvalue weighted by atomic mass is 32.1. The van der Waals surface area contributed by atoms with Gasteiger partial charge in [-0.15, -0.1) is 11.3 Å². The Labute approximate surface area is 144 Å². The highest BCUT2D eigenvalue weighted by Crippen LogP contribution is 2.38. The van der Waals surface area contributed by atoms with Gasteiger partial charge in [0.2, 0.25) is 5.91 Å². The van der Waals surface area contributed by atoms with Gasteiger partial charge in [-0.05, 0) is 35.6 Å². The summed E-state index contributed by atoms with van der Waals surface area (Å²) in [6.07, 6.45) is 0.640. The smallest absolute Gasteiger partial charge is 0.308 e. The largest absolute Gasteiger partial charge is 0.497 e. The third-order valence-electron chi connectivity index (χ3n) is 4.39. The highest BCUT2D eigenvalue weighted by molar-refractivity contribution is 7.09. The van der Waals surface area contributed by atoms with Crippen LogP contribution in [0.25, 0.3) is 0 Å². The molecule has 1 amide bonds. The van der Waals surface area contributed by atoms with Gasteiger partial charge in [-0.25, -0.2) is 0 Å². The molecular weight excluding hydrogens is 326 g/mol. The second-order valence-corrected chi connectivity index (χ2v) is 6.83. The summed E-state index contributed by atoms with van der Waals surface area (Å²) in [5, 5.41) is 11.6. The topological polar surface area (TPSA) is 66.8 Å². The molecule has 1 aromatic heterocycles. The summed E-state index contributed by atoms with van der Waals surface area (Å²) in [5.41, 5.74) is 0.827. The van der Waals surface area contributed by atoms with E-state index in [1.807, 2.05) is 29.6 Å². The van der Waals surface area contributed by atoms with E-state index < -0.39 is 17.9 Å². The van der Waals surface area contributed by atoms with Gasteiger partial charge < -0.3 is 14.7 Å². The Balaban J connectivity index is 1.97. The number of rotatable bonds is 5. The zero-order valence-corrected chi connectivity index (χ0v) is 14.2. The van der Waals surface area contributed by atoms with E-state index in [1.54, 1.807) is 35.5 Å². The molecule has 1 N–H and O–H groups in total. The van der Waals surface area contributed by atoms with Gasteiger partial charge in [-0.1, -0.05) is 18.2 Å². The fourth-order valence-corrected chi connectivity index (χ4v) is 3.88. The van der Waals surface area contributed by atoms with Crippen LogP contribution in [0.4, 0.5) is 0 Å². The van der Waals surface area contributed by atoms with Gasteiger partial charge in [0, 0.05) is 11.3 Å². The Bertz CT molecular complexity index is 711. The predicted octanol–water partition coefficient (Wildman–Crippen LogP) is 3.32. The molecule has 2 aromatic rings. The van der Waals surface area contributed by atoms with Crippen LogP contribution >= 0.6 is 11.3 Å². The molecule has 24 heavy (non-hydrogen) atoms. The van der Waals surface area contributed by atoms with Crippen molar-refractivity contribution in [2.45, 2.75) is 25.4 Å². The maximum absolute atomic E-state index is 12.5. The number of aliphatic carboxylic acids is 1. The zero-order valence-electron chi connectivity index (χ0n) is 13.3. The molecule has 1 aliphatic rings. The van der Waals surface area contributed by atoms with Gasteiger partial charge in [-0.3, -0.25) is 9.59 Å². The molecule has 0 spiro atoms. The molecule has 0 aliphatic carbocycles. The average molecular weight is 345 g/mol. The summed E-state index contributed by atoms with van der Waals surface area (Å²) in [4.78, 5) is 27.0. The van der Waals surface area contributed by atoms with Crippen LogP contribution in [0.2, 0.25) is 0 Å². The molecule has 6 heteroatoms. The first kappa shape index (κ1) is 16.5. The van der Waals surface area contributed by atoms with Crippen LogP contribution in [-0.4, -0.2) is 29.0 Å². The van der Waals surface area contributed by atoms with Gasteiger partial charge in [0.1, 0.15) is 5.75 Å². The van der Waals surface area contributed by atoms with E-state index in [1.165, 1.54) is 0 Å². The van der Waals surface area contributed by atoms with Crippen molar-refractivity contribution in [1.82, 2.24) is 4.90 Å². The van der Waals surface area contributed by atoms with Crippen molar-refractivity contribution in [1.29, 1.82) is 0 Å². The minimum atomic E-state index is -0.862. The third-order valence-corrected chi connectivity index (χ3v) is 5.25. The Morgan fingerprint density at radius 1 is 1.33 bits per heavy atom. The van der Waals surface area contributed by atoms with E-state index in [2.05, 4.69) is 0 Å². The molecule has 1 aromatic carbocycles. The number of carboxylic acids is 1. The maximum atomic E-state index is 12.5. The minimum absolute atomic E-state index is 0.00159. The lowest BCUT2D eigenvalue weighted by molar-refractivity contribution is -0.152. The average Bonchev–Trinajstić information content (AvgIpc) is 3.09. The fourth-order valence-electron chi connectivity index (χ4n) is 3.18. The molecule has 1 saturated heterocycles. The molecule has 0 bridgehead atoms. The maximum Gasteiger partial charge on any atom is 0.308 e. The zero-order chi connectivity index (χ0) is 17.1. The molecule has 126 valence electrons. The first-order valence-electron chi connectivity index (χ1n) is 7.78. The summed E-state index contributed by atoms with van der Waals surface area (Å²) in [6, 6.07) is 10.7. The van der Waals surface area contributed by atoms with E-state index >= 15 is 0 Å². The number of amides is 1. The van der Waals surface area contributed by atoms with E-state index in [9.17, 15) is 14.7 Å². The number of likely N-dealkylation sites (tertiary alicyclic amines) is 1. The summed E-state index contributed by atoms with van der Waals surface area (Å²) >= 11 is 1.57. The Hall–Kier alpha value is -2.34. The molecule has 0 radical (unpaired) electrons. The number of hydrogen-bond donors (Lipinski definition) is 1. The van der Waals surface area contributed by atoms with Crippen molar-refractivity contribution in [2.24, 2.45) is 5.92 Å². The molecule has 5 nitrogen and oxygen atoms in total. The number of benzene rings is 1. The minimum Gasteiger partial charge on any atom is -0.497 e. The monoisotopic (exact) mass is 345 g/mol. The third kappa shape index (κ3) is 3.28. The summed E-state index contributed by atoms with van der Waals surface area (Å²) < 4.78 is 5.17. The molecule has 1 aliphatic heterocycles. The predicted molar refractivity (Wildman–Crippen MR) is 91.0 cm³/mol. The highest BCUT2D eigenvalue weighted by Gasteiger charge is 2.40. The van der Waals surface area contributed by atoms with Crippen molar-refractivity contribution in [2.75, 3.05) is 7.11 Å². The lowest BCUT2D eigenvalue weighted by Crippen LogP contribution is -2.44. The first-order valence-corrected chi connectivity index (χ1v) is 8.66. The Morgan fingerprint density at radius 2 is 2.08 bits per heavy atom. The number of piperidine rings is 1. The van der Waals surface area contributed by atoms with Crippen molar-refractivity contribution >= 4 is 23.2 Å². The fraction of sp³-hybridized carbons (Fsp3) is 0.333. The SMILES string of the molecule is COc1ccc([C@@H]2[C@H](C(=O)O)CCC(=O)N2Cc2cccs2)cc1. The summed E-state index contributed by atoms with van der Waals surface area (Å²) in [6.45, 7) is 0.441. The second kappa shape index (κ2) is 7.05. The van der Waals surface area contributed by atoms with Crippen LogP contribution in [0, 0.1) is 5.92 Å². The Kier molecular flexibility index (Phi) is 4.85. The molecule has 2 atom stereocenters. The number of methoxy groups -OCH3 is 1.